The van der Waals surface area contributed by atoms with E-state index in [1.54, 1.807) is 13.0 Å². The normalized spacial score (nSPS) is 19.8. The zero-order chi connectivity index (χ0) is 17.9. The van der Waals surface area contributed by atoms with Gasteiger partial charge in [0.2, 0.25) is 5.91 Å². The molecule has 1 amide bonds. The van der Waals surface area contributed by atoms with Gasteiger partial charge in [-0.3, -0.25) is 9.59 Å². The molecule has 1 aromatic carbocycles. The lowest BCUT2D eigenvalue weighted by Gasteiger charge is -2.32. The van der Waals surface area contributed by atoms with Crippen LogP contribution in [-0.2, 0) is 22.2 Å². The van der Waals surface area contributed by atoms with Crippen molar-refractivity contribution < 1.29 is 27.9 Å². The molecule has 0 aromatic heterocycles. The van der Waals surface area contributed by atoms with Crippen LogP contribution in [0.25, 0.3) is 0 Å². The van der Waals surface area contributed by atoms with Gasteiger partial charge in [-0.05, 0) is 30.9 Å². The van der Waals surface area contributed by atoms with Crippen molar-refractivity contribution in [2.75, 3.05) is 13.1 Å². The first-order valence-electron chi connectivity index (χ1n) is 7.86. The number of carboxylic acid groups (broad SMARTS) is 1. The smallest absolute Gasteiger partial charge is 0.416 e. The largest absolute Gasteiger partial charge is 0.481 e. The zero-order valence-corrected chi connectivity index (χ0v) is 13.3. The Kier molecular flexibility index (Phi) is 5.51. The van der Waals surface area contributed by atoms with Gasteiger partial charge in [-0.1, -0.05) is 25.1 Å². The van der Waals surface area contributed by atoms with Crippen LogP contribution in [0.4, 0.5) is 13.2 Å². The first-order chi connectivity index (χ1) is 11.2. The number of carboxylic acids is 1. The van der Waals surface area contributed by atoms with Gasteiger partial charge < -0.3 is 10.0 Å². The molecule has 1 fully saturated rings. The number of carbonyl (C=O) groups is 2. The first-order valence-corrected chi connectivity index (χ1v) is 7.86. The molecule has 1 aliphatic heterocycles. The molecule has 1 N–H and O–H groups in total. The molecule has 2 rings (SSSR count). The third-order valence-electron chi connectivity index (χ3n) is 4.30. The van der Waals surface area contributed by atoms with E-state index in [0.717, 1.165) is 12.1 Å². The summed E-state index contributed by atoms with van der Waals surface area (Å²) in [7, 11) is 0. The number of nitrogens with zero attached hydrogens (tertiary/aromatic N) is 1. The van der Waals surface area contributed by atoms with Gasteiger partial charge in [-0.25, -0.2) is 0 Å². The predicted octanol–water partition coefficient (Wildman–Crippen LogP) is 3.21. The van der Waals surface area contributed by atoms with Crippen molar-refractivity contribution >= 4 is 11.9 Å². The molecule has 132 valence electrons. The minimum absolute atomic E-state index is 0.168. The summed E-state index contributed by atoms with van der Waals surface area (Å²) in [6, 6.07) is 4.95. The van der Waals surface area contributed by atoms with Crippen LogP contribution in [0.1, 0.15) is 30.9 Å². The molecule has 1 aliphatic rings. The van der Waals surface area contributed by atoms with E-state index in [1.807, 2.05) is 0 Å². The van der Waals surface area contributed by atoms with Crippen molar-refractivity contribution in [3.05, 3.63) is 35.4 Å². The summed E-state index contributed by atoms with van der Waals surface area (Å²) in [5.74, 6) is -2.19. The molecule has 1 aromatic rings. The molecule has 1 heterocycles. The van der Waals surface area contributed by atoms with Gasteiger partial charge in [0.15, 0.2) is 0 Å². The topological polar surface area (TPSA) is 57.6 Å². The molecular weight excluding hydrogens is 323 g/mol. The van der Waals surface area contributed by atoms with Gasteiger partial charge in [-0.2, -0.15) is 13.2 Å². The molecule has 0 saturated carbocycles. The van der Waals surface area contributed by atoms with Crippen LogP contribution in [0.3, 0.4) is 0 Å². The molecule has 0 aliphatic carbocycles. The zero-order valence-electron chi connectivity index (χ0n) is 13.3. The second-order valence-corrected chi connectivity index (χ2v) is 6.26. The van der Waals surface area contributed by atoms with E-state index in [0.29, 0.717) is 24.9 Å². The van der Waals surface area contributed by atoms with E-state index < -0.39 is 29.5 Å². The Balaban J connectivity index is 2.02. The van der Waals surface area contributed by atoms with Crippen molar-refractivity contribution in [3.8, 4) is 0 Å². The Hall–Kier alpha value is -2.05. The number of hydrogen-bond acceptors (Lipinski definition) is 2. The van der Waals surface area contributed by atoms with E-state index in [-0.39, 0.29) is 18.9 Å². The molecule has 0 bridgehead atoms. The van der Waals surface area contributed by atoms with Gasteiger partial charge in [-0.15, -0.1) is 0 Å². The lowest BCUT2D eigenvalue weighted by molar-refractivity contribution is -0.146. The summed E-state index contributed by atoms with van der Waals surface area (Å²) >= 11 is 0. The molecule has 24 heavy (non-hydrogen) atoms. The van der Waals surface area contributed by atoms with E-state index >= 15 is 0 Å². The fourth-order valence-electron chi connectivity index (χ4n) is 3.01. The highest BCUT2D eigenvalue weighted by molar-refractivity contribution is 5.80. The van der Waals surface area contributed by atoms with Crippen LogP contribution in [0.15, 0.2) is 24.3 Å². The maximum absolute atomic E-state index is 12.7. The fraction of sp³-hybridized carbons (Fsp3) is 0.529. The summed E-state index contributed by atoms with van der Waals surface area (Å²) in [5, 5.41) is 9.07. The summed E-state index contributed by atoms with van der Waals surface area (Å²) < 4.78 is 38.2. The second-order valence-electron chi connectivity index (χ2n) is 6.26. The molecule has 4 nitrogen and oxygen atoms in total. The number of rotatable bonds is 4. The Labute approximate surface area is 138 Å². The van der Waals surface area contributed by atoms with Crippen LogP contribution < -0.4 is 0 Å². The number of hydrogen-bond donors (Lipinski definition) is 1. The number of alkyl halides is 3. The Morgan fingerprint density at radius 2 is 2.08 bits per heavy atom. The van der Waals surface area contributed by atoms with Crippen molar-refractivity contribution in [2.45, 2.75) is 32.4 Å². The van der Waals surface area contributed by atoms with Gasteiger partial charge in [0, 0.05) is 19.0 Å². The average molecular weight is 343 g/mol. The molecule has 2 atom stereocenters. The molecule has 0 spiro atoms. The number of carbonyl (C=O) groups excluding carboxylic acids is 1. The number of halogens is 3. The van der Waals surface area contributed by atoms with E-state index in [2.05, 4.69) is 0 Å². The fourth-order valence-corrected chi connectivity index (χ4v) is 3.01. The third-order valence-corrected chi connectivity index (χ3v) is 4.30. The highest BCUT2D eigenvalue weighted by Gasteiger charge is 2.32. The molecule has 1 saturated heterocycles. The van der Waals surface area contributed by atoms with Crippen LogP contribution in [0.5, 0.6) is 0 Å². The minimum atomic E-state index is -4.41. The maximum Gasteiger partial charge on any atom is 0.416 e. The van der Waals surface area contributed by atoms with E-state index in [1.165, 1.54) is 11.0 Å². The first kappa shape index (κ1) is 18.3. The van der Waals surface area contributed by atoms with Crippen molar-refractivity contribution in [3.63, 3.8) is 0 Å². The van der Waals surface area contributed by atoms with Crippen molar-refractivity contribution in [2.24, 2.45) is 11.8 Å². The van der Waals surface area contributed by atoms with Crippen LogP contribution >= 0.6 is 0 Å². The SMILES string of the molecule is C[C@@H](Cc1cccc(C(F)(F)F)c1)C(=O)N1CCC[C@H](C(=O)O)C1. The van der Waals surface area contributed by atoms with E-state index in [4.69, 9.17) is 5.11 Å². The van der Waals surface area contributed by atoms with Crippen LogP contribution in [-0.4, -0.2) is 35.0 Å². The number of piperidine rings is 1. The van der Waals surface area contributed by atoms with Crippen LogP contribution in [0, 0.1) is 11.8 Å². The average Bonchev–Trinajstić information content (AvgIpc) is 2.53. The van der Waals surface area contributed by atoms with Gasteiger partial charge in [0.05, 0.1) is 11.5 Å². The quantitative estimate of drug-likeness (QED) is 0.913. The molecule has 0 radical (unpaired) electrons. The van der Waals surface area contributed by atoms with Crippen LogP contribution in [0.2, 0.25) is 0 Å². The lowest BCUT2D eigenvalue weighted by atomic mass is 9.94. The summed E-state index contributed by atoms with van der Waals surface area (Å²) in [4.78, 5) is 25.0. The number of benzene rings is 1. The van der Waals surface area contributed by atoms with Gasteiger partial charge in [0.1, 0.15) is 0 Å². The molecule has 7 heteroatoms. The van der Waals surface area contributed by atoms with Gasteiger partial charge >= 0.3 is 12.1 Å². The highest BCUT2D eigenvalue weighted by atomic mass is 19.4. The molecular formula is C17H20F3NO3. The Morgan fingerprint density at radius 1 is 1.38 bits per heavy atom. The van der Waals surface area contributed by atoms with E-state index in [9.17, 15) is 22.8 Å². The highest BCUT2D eigenvalue weighted by Crippen LogP contribution is 2.30. The van der Waals surface area contributed by atoms with Crippen molar-refractivity contribution in [1.29, 1.82) is 0 Å². The van der Waals surface area contributed by atoms with Crippen molar-refractivity contribution in [1.82, 2.24) is 4.90 Å². The molecule has 0 unspecified atom stereocenters. The number of aliphatic carboxylic acids is 1. The third kappa shape index (κ3) is 4.49. The lowest BCUT2D eigenvalue weighted by Crippen LogP contribution is -2.44. The summed E-state index contributed by atoms with van der Waals surface area (Å²) in [6.07, 6.45) is -3.05. The monoisotopic (exact) mass is 343 g/mol. The Morgan fingerprint density at radius 3 is 2.71 bits per heavy atom. The maximum atomic E-state index is 12.7. The summed E-state index contributed by atoms with van der Waals surface area (Å²) in [5.41, 5.74) is -0.291. The standard InChI is InChI=1S/C17H20F3NO3/c1-11(8-12-4-2-6-14(9-12)17(18,19)20)15(22)21-7-3-5-13(10-21)16(23)24/h2,4,6,9,11,13H,3,5,7-8,10H2,1H3,(H,23,24)/t11-,13-/m0/s1. The Bertz CT molecular complexity index is 615. The second kappa shape index (κ2) is 7.23. The number of likely N-dealkylation sites (tertiary alicyclic amines) is 1. The number of amides is 1. The van der Waals surface area contributed by atoms with Gasteiger partial charge in [0.25, 0.3) is 0 Å². The minimum Gasteiger partial charge on any atom is -0.481 e. The predicted molar refractivity (Wildman–Crippen MR) is 81.3 cm³/mol. The summed E-state index contributed by atoms with van der Waals surface area (Å²) in [6.45, 7) is 2.32.